The third kappa shape index (κ3) is 4.07. The standard InChI is InChI=1S/C38H24N2O/c1-3-11-25(12-4-1)33-24-34(40-38(39-33)26-13-5-2-6-14-26)28-16-9-15-27(23-28)29-21-22-36-37-31(29)18-10-19-32(37)30-17-7-8-20-35(30)41-36/h1-24H. The minimum absolute atomic E-state index is 0.713. The van der Waals surface area contributed by atoms with E-state index in [4.69, 9.17) is 14.7 Å². The van der Waals surface area contributed by atoms with E-state index in [-0.39, 0.29) is 0 Å². The summed E-state index contributed by atoms with van der Waals surface area (Å²) in [6.45, 7) is 0. The summed E-state index contributed by atoms with van der Waals surface area (Å²) in [6.07, 6.45) is 0. The summed E-state index contributed by atoms with van der Waals surface area (Å²) in [5, 5.41) is 2.32. The molecule has 7 aromatic rings. The molecule has 1 aliphatic heterocycles. The van der Waals surface area contributed by atoms with Crippen LogP contribution < -0.4 is 4.74 Å². The minimum Gasteiger partial charge on any atom is -0.456 e. The maximum absolute atomic E-state index is 6.33. The molecule has 0 saturated heterocycles. The molecule has 41 heavy (non-hydrogen) atoms. The first-order chi connectivity index (χ1) is 20.3. The summed E-state index contributed by atoms with van der Waals surface area (Å²) in [4.78, 5) is 9.99. The zero-order valence-electron chi connectivity index (χ0n) is 22.2. The maximum atomic E-state index is 6.33. The lowest BCUT2D eigenvalue weighted by Crippen LogP contribution is -1.98. The third-order valence-corrected chi connectivity index (χ3v) is 7.70. The number of hydrogen-bond donors (Lipinski definition) is 0. The van der Waals surface area contributed by atoms with Crippen LogP contribution in [-0.4, -0.2) is 9.97 Å². The van der Waals surface area contributed by atoms with Gasteiger partial charge in [-0.1, -0.05) is 121 Å². The summed E-state index contributed by atoms with van der Waals surface area (Å²) in [6, 6.07) is 50.2. The lowest BCUT2D eigenvalue weighted by molar-refractivity contribution is 0.487. The zero-order valence-corrected chi connectivity index (χ0v) is 22.2. The van der Waals surface area contributed by atoms with E-state index in [2.05, 4.69) is 97.1 Å². The van der Waals surface area contributed by atoms with Crippen molar-refractivity contribution >= 4 is 10.8 Å². The Balaban J connectivity index is 1.29. The third-order valence-electron chi connectivity index (χ3n) is 7.70. The molecule has 0 saturated carbocycles. The molecule has 0 atom stereocenters. The quantitative estimate of drug-likeness (QED) is 0.230. The van der Waals surface area contributed by atoms with E-state index < -0.39 is 0 Å². The number of nitrogens with zero attached hydrogens (tertiary/aromatic N) is 2. The summed E-state index contributed by atoms with van der Waals surface area (Å²) in [5.41, 5.74) is 9.51. The van der Waals surface area contributed by atoms with Crippen molar-refractivity contribution in [3.05, 3.63) is 146 Å². The highest BCUT2D eigenvalue weighted by Gasteiger charge is 2.21. The SMILES string of the molecule is c1ccc(-c2cc(-c3cccc(-c4ccc5c6c(cccc46)-c4ccccc4O5)c3)nc(-c3ccccc3)n2)cc1. The van der Waals surface area contributed by atoms with Gasteiger partial charge in [0.05, 0.1) is 11.4 Å². The van der Waals surface area contributed by atoms with Crippen LogP contribution in [0.15, 0.2) is 146 Å². The lowest BCUT2D eigenvalue weighted by atomic mass is 9.90. The van der Waals surface area contributed by atoms with Crippen LogP contribution >= 0.6 is 0 Å². The molecule has 0 radical (unpaired) electrons. The Kier molecular flexibility index (Phi) is 5.46. The average Bonchev–Trinajstić information content (AvgIpc) is 3.06. The van der Waals surface area contributed by atoms with Gasteiger partial charge in [0.15, 0.2) is 5.82 Å². The summed E-state index contributed by atoms with van der Waals surface area (Å²) in [7, 11) is 0. The minimum atomic E-state index is 0.713. The van der Waals surface area contributed by atoms with Crippen molar-refractivity contribution in [2.45, 2.75) is 0 Å². The Morgan fingerprint density at radius 2 is 1.02 bits per heavy atom. The van der Waals surface area contributed by atoms with Crippen LogP contribution in [0.4, 0.5) is 0 Å². The Morgan fingerprint density at radius 1 is 0.390 bits per heavy atom. The molecule has 0 amide bonds. The zero-order chi connectivity index (χ0) is 27.2. The van der Waals surface area contributed by atoms with Gasteiger partial charge in [-0.15, -0.1) is 0 Å². The normalized spacial score (nSPS) is 11.6. The molecular weight excluding hydrogens is 500 g/mol. The van der Waals surface area contributed by atoms with Gasteiger partial charge in [0.2, 0.25) is 0 Å². The van der Waals surface area contributed by atoms with Crippen molar-refractivity contribution in [1.29, 1.82) is 0 Å². The van der Waals surface area contributed by atoms with Crippen LogP contribution in [-0.2, 0) is 0 Å². The fourth-order valence-corrected chi connectivity index (χ4v) is 5.75. The smallest absolute Gasteiger partial charge is 0.160 e. The number of benzene rings is 6. The monoisotopic (exact) mass is 524 g/mol. The first-order valence-electron chi connectivity index (χ1n) is 13.8. The second-order valence-corrected chi connectivity index (χ2v) is 10.2. The molecular formula is C38H24N2O. The van der Waals surface area contributed by atoms with Gasteiger partial charge >= 0.3 is 0 Å². The van der Waals surface area contributed by atoms with E-state index >= 15 is 0 Å². The van der Waals surface area contributed by atoms with Crippen LogP contribution in [0, 0.1) is 0 Å². The second-order valence-electron chi connectivity index (χ2n) is 10.2. The number of para-hydroxylation sites is 1. The van der Waals surface area contributed by atoms with Gasteiger partial charge in [0.1, 0.15) is 11.5 Å². The molecule has 192 valence electrons. The van der Waals surface area contributed by atoms with Crippen LogP contribution in [0.1, 0.15) is 0 Å². The molecule has 2 heterocycles. The summed E-state index contributed by atoms with van der Waals surface area (Å²) >= 11 is 0. The van der Waals surface area contributed by atoms with E-state index in [9.17, 15) is 0 Å². The van der Waals surface area contributed by atoms with E-state index in [0.29, 0.717) is 5.82 Å². The molecule has 3 nitrogen and oxygen atoms in total. The molecule has 0 bridgehead atoms. The van der Waals surface area contributed by atoms with Crippen molar-refractivity contribution in [3.63, 3.8) is 0 Å². The van der Waals surface area contributed by atoms with Crippen LogP contribution in [0.25, 0.3) is 66.9 Å². The molecule has 0 unspecified atom stereocenters. The number of hydrogen-bond acceptors (Lipinski definition) is 3. The predicted octanol–water partition coefficient (Wildman–Crippen LogP) is 10.1. The highest BCUT2D eigenvalue weighted by atomic mass is 16.5. The summed E-state index contributed by atoms with van der Waals surface area (Å²) in [5.74, 6) is 2.50. The fourth-order valence-electron chi connectivity index (χ4n) is 5.75. The molecule has 8 rings (SSSR count). The number of ether oxygens (including phenoxy) is 1. The highest BCUT2D eigenvalue weighted by Crippen LogP contribution is 2.48. The van der Waals surface area contributed by atoms with Gasteiger partial charge < -0.3 is 4.74 Å². The average molecular weight is 525 g/mol. The molecule has 0 spiro atoms. The largest absolute Gasteiger partial charge is 0.456 e. The Hall–Kier alpha value is -5.54. The van der Waals surface area contributed by atoms with Crippen molar-refractivity contribution < 1.29 is 4.74 Å². The predicted molar refractivity (Wildman–Crippen MR) is 167 cm³/mol. The van der Waals surface area contributed by atoms with Gasteiger partial charge in [-0.2, -0.15) is 0 Å². The van der Waals surface area contributed by atoms with Crippen molar-refractivity contribution in [2.24, 2.45) is 0 Å². The van der Waals surface area contributed by atoms with Crippen LogP contribution in [0.3, 0.4) is 0 Å². The van der Waals surface area contributed by atoms with Crippen molar-refractivity contribution in [1.82, 2.24) is 9.97 Å². The Morgan fingerprint density at radius 3 is 1.85 bits per heavy atom. The van der Waals surface area contributed by atoms with Gasteiger partial charge in [-0.3, -0.25) is 0 Å². The maximum Gasteiger partial charge on any atom is 0.160 e. The van der Waals surface area contributed by atoms with E-state index in [1.165, 1.54) is 10.9 Å². The lowest BCUT2D eigenvalue weighted by Gasteiger charge is -2.22. The van der Waals surface area contributed by atoms with Gasteiger partial charge in [0.25, 0.3) is 0 Å². The molecule has 6 aromatic carbocycles. The molecule has 0 fully saturated rings. The second kappa shape index (κ2) is 9.58. The van der Waals surface area contributed by atoms with Crippen molar-refractivity contribution in [3.8, 4) is 67.7 Å². The van der Waals surface area contributed by atoms with E-state index in [1.807, 2.05) is 48.5 Å². The summed E-state index contributed by atoms with van der Waals surface area (Å²) < 4.78 is 6.33. The number of aromatic nitrogens is 2. The number of fused-ring (bicyclic) bond motifs is 2. The first kappa shape index (κ1) is 23.4. The molecule has 0 aliphatic carbocycles. The van der Waals surface area contributed by atoms with Gasteiger partial charge in [-0.05, 0) is 46.3 Å². The Bertz CT molecular complexity index is 2010. The van der Waals surface area contributed by atoms with Crippen LogP contribution in [0.2, 0.25) is 0 Å². The fraction of sp³-hybridized carbons (Fsp3) is 0. The molecule has 0 N–H and O–H groups in total. The molecule has 3 heteroatoms. The highest BCUT2D eigenvalue weighted by molar-refractivity contribution is 6.10. The van der Waals surface area contributed by atoms with Gasteiger partial charge in [-0.25, -0.2) is 9.97 Å². The van der Waals surface area contributed by atoms with Crippen LogP contribution in [0.5, 0.6) is 11.5 Å². The Labute approximate surface area is 238 Å². The number of rotatable bonds is 4. The topological polar surface area (TPSA) is 35.0 Å². The first-order valence-corrected chi connectivity index (χ1v) is 13.8. The van der Waals surface area contributed by atoms with Gasteiger partial charge in [0, 0.05) is 27.6 Å². The van der Waals surface area contributed by atoms with Crippen molar-refractivity contribution in [2.75, 3.05) is 0 Å². The van der Waals surface area contributed by atoms with E-state index in [1.54, 1.807) is 0 Å². The molecule has 1 aromatic heterocycles. The van der Waals surface area contributed by atoms with E-state index in [0.717, 1.165) is 61.7 Å². The molecule has 1 aliphatic rings.